The Labute approximate surface area is 162 Å². The monoisotopic (exact) mass is 349 g/mol. The van der Waals surface area contributed by atoms with E-state index in [1.165, 1.54) is 12.1 Å². The van der Waals surface area contributed by atoms with Gasteiger partial charge in [0.15, 0.2) is 17.1 Å². The van der Waals surface area contributed by atoms with Gasteiger partial charge in [-0.15, -0.1) is 0 Å². The van der Waals surface area contributed by atoms with Gasteiger partial charge in [0.05, 0.1) is 16.7 Å². The van der Waals surface area contributed by atoms with Crippen LogP contribution < -0.4 is 29.6 Å². The molecule has 0 aliphatic heterocycles. The fourth-order valence-corrected chi connectivity index (χ4v) is 3.45. The second kappa shape index (κ2) is 6.14. The number of nitro benzene ring substituents is 1. The molecule has 3 aromatic rings. The van der Waals surface area contributed by atoms with Gasteiger partial charge in [-0.2, -0.15) is 8.75 Å². The zero-order valence-corrected chi connectivity index (χ0v) is 15.2. The van der Waals surface area contributed by atoms with E-state index >= 15 is 0 Å². The second-order valence-electron chi connectivity index (χ2n) is 5.10. The van der Waals surface area contributed by atoms with Crippen LogP contribution in [0.5, 0.6) is 0 Å². The average molecular weight is 349 g/mol. The van der Waals surface area contributed by atoms with Crippen LogP contribution in [0.25, 0.3) is 11.0 Å². The molecule has 0 saturated heterocycles. The van der Waals surface area contributed by atoms with Crippen molar-refractivity contribution in [2.75, 3.05) is 0 Å². The molecule has 0 spiro atoms. The maximum atomic E-state index is 12.6. The summed E-state index contributed by atoms with van der Waals surface area (Å²) in [5.41, 5.74) is 1.27. The van der Waals surface area contributed by atoms with Crippen LogP contribution in [0.4, 0.5) is 5.69 Å². The minimum Gasteiger partial charge on any atom is -1.00 e. The van der Waals surface area contributed by atoms with E-state index in [-0.39, 0.29) is 59.3 Å². The normalized spacial score (nSPS) is 13.8. The van der Waals surface area contributed by atoms with E-state index in [1.807, 2.05) is 0 Å². The third-order valence-corrected chi connectivity index (χ3v) is 4.44. The molecule has 0 amide bonds. The Kier molecular flexibility index (Phi) is 4.31. The first kappa shape index (κ1) is 16.8. The van der Waals surface area contributed by atoms with Crippen LogP contribution in [0, 0.1) is 10.1 Å². The van der Waals surface area contributed by atoms with Gasteiger partial charge < -0.3 is 1.43 Å². The minimum absolute atomic E-state index is 0. The molecule has 0 radical (unpaired) electrons. The Bertz CT molecular complexity index is 988. The molecule has 0 N–H and O–H groups in total. The summed E-state index contributed by atoms with van der Waals surface area (Å²) in [6, 6.07) is 9.30. The summed E-state index contributed by atoms with van der Waals surface area (Å²) in [4.78, 5) is 35.7. The summed E-state index contributed by atoms with van der Waals surface area (Å²) >= 11 is 0.817. The quantitative estimate of drug-likeness (QED) is 0.277. The number of fused-ring (bicyclic) bond motifs is 2. The van der Waals surface area contributed by atoms with Crippen LogP contribution in [-0.4, -0.2) is 25.2 Å². The predicted octanol–water partition coefficient (Wildman–Crippen LogP) is -0.121. The number of Topliss-reactive ketones (excluding diaryl/α,β-unsaturated/α-hetero) is 2. The van der Waals surface area contributed by atoms with Gasteiger partial charge in [-0.3, -0.25) is 19.7 Å². The second-order valence-corrected chi connectivity index (χ2v) is 5.63. The Balaban J connectivity index is 0.00000113. The average Bonchev–Trinajstić information content (AvgIpc) is 3.12. The van der Waals surface area contributed by atoms with Crippen molar-refractivity contribution in [3.05, 3.63) is 63.2 Å². The van der Waals surface area contributed by atoms with Crippen molar-refractivity contribution in [3.8, 4) is 0 Å². The van der Waals surface area contributed by atoms with Gasteiger partial charge in [0.1, 0.15) is 11.4 Å². The molecule has 1 aliphatic rings. The SMILES string of the molecule is O=C1c2ccccc2C(=O)C1c1ccc([N+](=O)[O-])c2nsnc12.[H-].[Na+]. The number of ketones is 2. The van der Waals surface area contributed by atoms with Crippen molar-refractivity contribution < 1.29 is 45.5 Å². The summed E-state index contributed by atoms with van der Waals surface area (Å²) in [5.74, 6) is -1.64. The Morgan fingerprint density at radius 3 is 2.17 bits per heavy atom. The van der Waals surface area contributed by atoms with Crippen LogP contribution in [-0.2, 0) is 0 Å². The number of non-ortho nitro benzene ring substituents is 1. The number of hydrogen-bond acceptors (Lipinski definition) is 7. The summed E-state index contributed by atoms with van der Waals surface area (Å²) < 4.78 is 8.00. The first-order valence-corrected chi connectivity index (χ1v) is 7.39. The molecule has 4 rings (SSSR count). The fraction of sp³-hybridized carbons (Fsp3) is 0.0667. The number of benzene rings is 2. The van der Waals surface area contributed by atoms with Gasteiger partial charge in [0, 0.05) is 22.8 Å². The number of nitro groups is 1. The van der Waals surface area contributed by atoms with Gasteiger partial charge in [0.25, 0.3) is 5.69 Å². The van der Waals surface area contributed by atoms with Gasteiger partial charge in [-0.1, -0.05) is 24.3 Å². The summed E-state index contributed by atoms with van der Waals surface area (Å²) in [5, 5.41) is 11.1. The smallest absolute Gasteiger partial charge is 1.00 e. The molecule has 0 atom stereocenters. The molecule has 1 aliphatic carbocycles. The van der Waals surface area contributed by atoms with E-state index < -0.39 is 10.8 Å². The Hall–Kier alpha value is -2.00. The van der Waals surface area contributed by atoms with Gasteiger partial charge in [0.2, 0.25) is 0 Å². The summed E-state index contributed by atoms with van der Waals surface area (Å²) in [6.45, 7) is 0. The van der Waals surface area contributed by atoms with Crippen LogP contribution in [0.15, 0.2) is 36.4 Å². The minimum atomic E-state index is -1.01. The molecule has 9 heteroatoms. The number of nitrogens with zero attached hydrogens (tertiary/aromatic N) is 3. The van der Waals surface area contributed by atoms with E-state index in [0.29, 0.717) is 16.7 Å². The third kappa shape index (κ3) is 2.30. The Morgan fingerprint density at radius 2 is 1.58 bits per heavy atom. The van der Waals surface area contributed by atoms with Gasteiger partial charge >= 0.3 is 29.6 Å². The van der Waals surface area contributed by atoms with Crippen LogP contribution in [0.1, 0.15) is 33.6 Å². The number of carbonyl (C=O) groups is 2. The van der Waals surface area contributed by atoms with Crippen molar-refractivity contribution in [2.24, 2.45) is 0 Å². The van der Waals surface area contributed by atoms with E-state index in [1.54, 1.807) is 24.3 Å². The molecular formula is C15H8N3NaO4S. The topological polar surface area (TPSA) is 103 Å². The Morgan fingerprint density at radius 1 is 1.00 bits per heavy atom. The molecule has 1 heterocycles. The zero-order valence-electron chi connectivity index (χ0n) is 13.4. The molecule has 0 bridgehead atoms. The van der Waals surface area contributed by atoms with E-state index in [4.69, 9.17) is 0 Å². The number of rotatable bonds is 2. The summed E-state index contributed by atoms with van der Waals surface area (Å²) in [7, 11) is 0. The first-order valence-electron chi connectivity index (χ1n) is 6.66. The first-order chi connectivity index (χ1) is 11.1. The van der Waals surface area contributed by atoms with Crippen molar-refractivity contribution in [2.45, 2.75) is 5.92 Å². The zero-order chi connectivity index (χ0) is 16.1. The fourth-order valence-electron chi connectivity index (χ4n) is 2.88. The molecule has 114 valence electrons. The molecule has 1 aromatic heterocycles. The maximum absolute atomic E-state index is 12.6. The van der Waals surface area contributed by atoms with Crippen molar-refractivity contribution in [3.63, 3.8) is 0 Å². The molecule has 24 heavy (non-hydrogen) atoms. The van der Waals surface area contributed by atoms with Crippen molar-refractivity contribution in [1.82, 2.24) is 8.75 Å². The van der Waals surface area contributed by atoms with Gasteiger partial charge in [-0.25, -0.2) is 0 Å². The van der Waals surface area contributed by atoms with Crippen molar-refractivity contribution >= 4 is 40.0 Å². The van der Waals surface area contributed by atoms with Crippen LogP contribution >= 0.6 is 11.7 Å². The maximum Gasteiger partial charge on any atom is 1.00 e. The van der Waals surface area contributed by atoms with Crippen LogP contribution in [0.3, 0.4) is 0 Å². The number of hydrogen-bond donors (Lipinski definition) is 0. The third-order valence-electron chi connectivity index (χ3n) is 3.92. The molecule has 2 aromatic carbocycles. The van der Waals surface area contributed by atoms with E-state index in [0.717, 1.165) is 11.7 Å². The van der Waals surface area contributed by atoms with E-state index in [2.05, 4.69) is 8.75 Å². The molecule has 0 saturated carbocycles. The van der Waals surface area contributed by atoms with Gasteiger partial charge in [-0.05, 0) is 6.07 Å². The molecular weight excluding hydrogens is 341 g/mol. The number of carbonyl (C=O) groups excluding carboxylic acids is 2. The van der Waals surface area contributed by atoms with Crippen molar-refractivity contribution in [1.29, 1.82) is 0 Å². The standard InChI is InChI=1S/C15H7N3O4S.Na.H/c19-14-7-3-1-2-4-8(7)15(20)11(14)9-5-6-10(18(21)22)13-12(9)16-23-17-13;;/h1-6,11H;;/q;+1;-1. The molecule has 7 nitrogen and oxygen atoms in total. The number of aromatic nitrogens is 2. The predicted molar refractivity (Wildman–Crippen MR) is 83.0 cm³/mol. The van der Waals surface area contributed by atoms with E-state index in [9.17, 15) is 19.7 Å². The molecule has 0 unspecified atom stereocenters. The summed E-state index contributed by atoms with van der Waals surface area (Å²) in [6.07, 6.45) is 0. The van der Waals surface area contributed by atoms with Crippen LogP contribution in [0.2, 0.25) is 0 Å². The largest absolute Gasteiger partial charge is 1.00 e. The molecule has 0 fully saturated rings.